The fraction of sp³-hybridized carbons (Fsp3) is 0.375. The molecule has 0 saturated heterocycles. The van der Waals surface area contributed by atoms with E-state index in [4.69, 9.17) is 0 Å². The highest BCUT2D eigenvalue weighted by atomic mass is 19.1. The number of fused-ring (bicyclic) bond motifs is 1. The van der Waals surface area contributed by atoms with Crippen LogP contribution in [0, 0.1) is 5.82 Å². The topological polar surface area (TPSA) is 29.0 Å². The number of halogens is 1. The zero-order valence-electron chi connectivity index (χ0n) is 11.2. The molecule has 0 unspecified atom stereocenters. The zero-order valence-corrected chi connectivity index (χ0v) is 11.2. The van der Waals surface area contributed by atoms with Gasteiger partial charge in [-0.3, -0.25) is 0 Å². The second kappa shape index (κ2) is 4.54. The van der Waals surface area contributed by atoms with Crippen molar-refractivity contribution in [2.75, 3.05) is 4.90 Å². The van der Waals surface area contributed by atoms with E-state index in [1.165, 1.54) is 23.9 Å². The summed E-state index contributed by atoms with van der Waals surface area (Å²) in [6, 6.07) is 8.25. The first-order valence-corrected chi connectivity index (χ1v) is 7.15. The maximum absolute atomic E-state index is 14.7. The molecule has 102 valence electrons. The van der Waals surface area contributed by atoms with Crippen LogP contribution in [0.1, 0.15) is 42.0 Å². The fourth-order valence-electron chi connectivity index (χ4n) is 3.04. The first-order valence-electron chi connectivity index (χ1n) is 7.15. The summed E-state index contributed by atoms with van der Waals surface area (Å²) in [6.07, 6.45) is 4.79. The summed E-state index contributed by atoms with van der Waals surface area (Å²) in [5.41, 5.74) is 3.13. The average molecular weight is 269 g/mol. The minimum Gasteiger partial charge on any atom is -0.345 e. The Bertz CT molecular complexity index is 627. The summed E-state index contributed by atoms with van der Waals surface area (Å²) in [7, 11) is 0. The summed E-state index contributed by atoms with van der Waals surface area (Å²) in [5, 5.41) is 0. The predicted octanol–water partition coefficient (Wildman–Crippen LogP) is 3.40. The third-order valence-electron chi connectivity index (χ3n) is 4.43. The molecule has 0 radical (unpaired) electrons. The molecule has 1 saturated carbocycles. The first-order chi connectivity index (χ1) is 9.83. The van der Waals surface area contributed by atoms with Gasteiger partial charge < -0.3 is 4.90 Å². The monoisotopic (exact) mass is 269 g/mol. The van der Waals surface area contributed by atoms with Crippen molar-refractivity contribution in [3.05, 3.63) is 53.2 Å². The van der Waals surface area contributed by atoms with Gasteiger partial charge in [0, 0.05) is 19.0 Å². The number of rotatable bonds is 2. The van der Waals surface area contributed by atoms with Gasteiger partial charge in [0.1, 0.15) is 6.33 Å². The fourth-order valence-corrected chi connectivity index (χ4v) is 3.04. The molecular formula is C16H16FN3. The van der Waals surface area contributed by atoms with Crippen molar-refractivity contribution < 1.29 is 4.39 Å². The van der Waals surface area contributed by atoms with Crippen LogP contribution >= 0.6 is 0 Å². The molecule has 0 atom stereocenters. The van der Waals surface area contributed by atoms with Crippen molar-refractivity contribution in [3.63, 3.8) is 0 Å². The Morgan fingerprint density at radius 3 is 2.35 bits per heavy atom. The molecule has 1 aliphatic heterocycles. The standard InChI is InChI=1S/C16H16FN3/c17-14-15(11-6-3-7-11)18-10-19-16(14)20-8-12-4-1-2-5-13(12)9-20/h1-2,4-5,10-11H,3,6-9H2. The van der Waals surface area contributed by atoms with Gasteiger partial charge in [0.25, 0.3) is 0 Å². The SMILES string of the molecule is Fc1c(C2CCC2)ncnc1N1Cc2ccccc2C1. The van der Waals surface area contributed by atoms with Crippen LogP contribution in [-0.2, 0) is 13.1 Å². The van der Waals surface area contributed by atoms with Crippen LogP contribution in [0.15, 0.2) is 30.6 Å². The molecule has 0 spiro atoms. The minimum absolute atomic E-state index is 0.218. The molecule has 0 N–H and O–H groups in total. The van der Waals surface area contributed by atoms with E-state index in [-0.39, 0.29) is 5.82 Å². The van der Waals surface area contributed by atoms with Gasteiger partial charge in [0.2, 0.25) is 0 Å². The highest BCUT2D eigenvalue weighted by molar-refractivity contribution is 5.48. The van der Waals surface area contributed by atoms with Gasteiger partial charge in [-0.25, -0.2) is 14.4 Å². The summed E-state index contributed by atoms with van der Waals surface area (Å²) in [4.78, 5) is 10.4. The molecule has 2 aliphatic rings. The lowest BCUT2D eigenvalue weighted by atomic mass is 9.82. The highest BCUT2D eigenvalue weighted by Crippen LogP contribution is 2.38. The van der Waals surface area contributed by atoms with Crippen LogP contribution in [-0.4, -0.2) is 9.97 Å². The second-order valence-corrected chi connectivity index (χ2v) is 5.65. The molecule has 0 amide bonds. The van der Waals surface area contributed by atoms with E-state index in [1.807, 2.05) is 17.0 Å². The van der Waals surface area contributed by atoms with Gasteiger partial charge in [-0.05, 0) is 24.0 Å². The molecule has 3 nitrogen and oxygen atoms in total. The number of anilines is 1. The average Bonchev–Trinajstić information content (AvgIpc) is 2.82. The maximum atomic E-state index is 14.7. The van der Waals surface area contributed by atoms with E-state index in [1.54, 1.807) is 0 Å². The van der Waals surface area contributed by atoms with E-state index in [9.17, 15) is 4.39 Å². The smallest absolute Gasteiger partial charge is 0.187 e. The Balaban J connectivity index is 1.67. The molecule has 1 aromatic heterocycles. The zero-order chi connectivity index (χ0) is 13.5. The molecule has 2 aromatic rings. The summed E-state index contributed by atoms with van der Waals surface area (Å²) in [5.74, 6) is 0.532. The van der Waals surface area contributed by atoms with Crippen molar-refractivity contribution >= 4 is 5.82 Å². The lowest BCUT2D eigenvalue weighted by Crippen LogP contribution is -2.21. The number of benzene rings is 1. The van der Waals surface area contributed by atoms with Crippen molar-refractivity contribution in [1.29, 1.82) is 0 Å². The third-order valence-corrected chi connectivity index (χ3v) is 4.43. The molecule has 1 aliphatic carbocycles. The normalized spacial score (nSPS) is 17.9. The van der Waals surface area contributed by atoms with Gasteiger partial charge in [-0.1, -0.05) is 30.7 Å². The number of nitrogens with zero attached hydrogens (tertiary/aromatic N) is 3. The van der Waals surface area contributed by atoms with Crippen LogP contribution < -0.4 is 4.90 Å². The molecule has 1 fully saturated rings. The summed E-state index contributed by atoms with van der Waals surface area (Å²) < 4.78 is 14.7. The third kappa shape index (κ3) is 1.79. The van der Waals surface area contributed by atoms with Crippen molar-refractivity contribution in [2.45, 2.75) is 38.3 Å². The largest absolute Gasteiger partial charge is 0.345 e. The van der Waals surface area contributed by atoms with Gasteiger partial charge in [0.15, 0.2) is 11.6 Å². The van der Waals surface area contributed by atoms with Crippen LogP contribution in [0.2, 0.25) is 0 Å². The van der Waals surface area contributed by atoms with Gasteiger partial charge in [-0.2, -0.15) is 0 Å². The molecule has 4 heteroatoms. The Morgan fingerprint density at radius 2 is 1.75 bits per heavy atom. The van der Waals surface area contributed by atoms with E-state index in [2.05, 4.69) is 22.1 Å². The van der Waals surface area contributed by atoms with Crippen molar-refractivity contribution in [1.82, 2.24) is 9.97 Å². The van der Waals surface area contributed by atoms with Crippen LogP contribution in [0.4, 0.5) is 10.2 Å². The van der Waals surface area contributed by atoms with Crippen molar-refractivity contribution in [2.24, 2.45) is 0 Å². The van der Waals surface area contributed by atoms with Gasteiger partial charge in [0.05, 0.1) is 5.69 Å². The highest BCUT2D eigenvalue weighted by Gasteiger charge is 2.29. The van der Waals surface area contributed by atoms with Gasteiger partial charge >= 0.3 is 0 Å². The Labute approximate surface area is 117 Å². The maximum Gasteiger partial charge on any atom is 0.187 e. The summed E-state index contributed by atoms with van der Waals surface area (Å²) in [6.45, 7) is 1.46. The predicted molar refractivity (Wildman–Crippen MR) is 74.9 cm³/mol. The lowest BCUT2D eigenvalue weighted by Gasteiger charge is -2.26. The van der Waals surface area contributed by atoms with Crippen LogP contribution in [0.5, 0.6) is 0 Å². The second-order valence-electron chi connectivity index (χ2n) is 5.65. The molecule has 4 rings (SSSR count). The Kier molecular flexibility index (Phi) is 2.69. The number of hydrogen-bond donors (Lipinski definition) is 0. The molecule has 0 bridgehead atoms. The number of aromatic nitrogens is 2. The van der Waals surface area contributed by atoms with Gasteiger partial charge in [-0.15, -0.1) is 0 Å². The first kappa shape index (κ1) is 11.8. The van der Waals surface area contributed by atoms with E-state index >= 15 is 0 Å². The quantitative estimate of drug-likeness (QED) is 0.836. The minimum atomic E-state index is -0.218. The Morgan fingerprint density at radius 1 is 1.05 bits per heavy atom. The molecular weight excluding hydrogens is 253 g/mol. The summed E-state index contributed by atoms with van der Waals surface area (Å²) >= 11 is 0. The molecule has 20 heavy (non-hydrogen) atoms. The molecule has 1 aromatic carbocycles. The molecule has 2 heterocycles. The van der Waals surface area contributed by atoms with E-state index < -0.39 is 0 Å². The lowest BCUT2D eigenvalue weighted by molar-refractivity contribution is 0.392. The van der Waals surface area contributed by atoms with Crippen LogP contribution in [0.3, 0.4) is 0 Å². The van der Waals surface area contributed by atoms with E-state index in [0.717, 1.165) is 25.9 Å². The Hall–Kier alpha value is -1.97. The van der Waals surface area contributed by atoms with Crippen LogP contribution in [0.25, 0.3) is 0 Å². The van der Waals surface area contributed by atoms with Crippen molar-refractivity contribution in [3.8, 4) is 0 Å². The number of hydrogen-bond acceptors (Lipinski definition) is 3. The van der Waals surface area contributed by atoms with E-state index in [0.29, 0.717) is 17.4 Å².